The smallest absolute Gasteiger partial charge is 0.188 e. The van der Waals surface area contributed by atoms with Crippen LogP contribution in [0.3, 0.4) is 0 Å². The van der Waals surface area contributed by atoms with Crippen molar-refractivity contribution in [1.82, 2.24) is 0 Å². The first-order valence-electron chi connectivity index (χ1n) is 9.33. The first-order valence-corrected chi connectivity index (χ1v) is 10.2. The summed E-state index contributed by atoms with van der Waals surface area (Å²) in [5.41, 5.74) is 4.84. The molecule has 134 valence electrons. The minimum absolute atomic E-state index is 0.195. The van der Waals surface area contributed by atoms with E-state index in [0.717, 1.165) is 6.42 Å². The highest BCUT2D eigenvalue weighted by Gasteiger charge is 2.78. The van der Waals surface area contributed by atoms with Crippen LogP contribution >= 0.6 is 15.9 Å². The molecule has 26 heavy (non-hydrogen) atoms. The van der Waals surface area contributed by atoms with Crippen LogP contribution in [0.25, 0.3) is 11.1 Å². The van der Waals surface area contributed by atoms with E-state index in [1.165, 1.54) is 22.3 Å². The summed E-state index contributed by atoms with van der Waals surface area (Å²) in [7, 11) is 0. The molecule has 1 spiro atoms. The molecule has 2 aromatic carbocycles. The third-order valence-electron chi connectivity index (χ3n) is 6.76. The zero-order chi connectivity index (χ0) is 18.0. The number of alkyl halides is 1. The average Bonchev–Trinajstić information content (AvgIpc) is 3.27. The van der Waals surface area contributed by atoms with Crippen LogP contribution in [-0.4, -0.2) is 23.8 Å². The third kappa shape index (κ3) is 1.79. The van der Waals surface area contributed by atoms with Crippen molar-refractivity contribution in [2.24, 2.45) is 10.8 Å². The maximum Gasteiger partial charge on any atom is 0.188 e. The molecule has 3 heteroatoms. The molecule has 0 aromatic heterocycles. The van der Waals surface area contributed by atoms with Crippen LogP contribution in [0.5, 0.6) is 0 Å². The van der Waals surface area contributed by atoms with Crippen molar-refractivity contribution in [3.63, 3.8) is 0 Å². The Morgan fingerprint density at radius 3 is 1.85 bits per heavy atom. The number of hydrogen-bond donors (Lipinski definition) is 0. The number of rotatable bonds is 2. The molecule has 0 radical (unpaired) electrons. The van der Waals surface area contributed by atoms with E-state index >= 15 is 0 Å². The Labute approximate surface area is 163 Å². The van der Waals surface area contributed by atoms with Gasteiger partial charge in [-0.1, -0.05) is 83.5 Å². The van der Waals surface area contributed by atoms with Crippen LogP contribution in [0, 0.1) is 10.8 Å². The van der Waals surface area contributed by atoms with Gasteiger partial charge < -0.3 is 9.47 Å². The molecule has 1 aliphatic heterocycles. The van der Waals surface area contributed by atoms with Crippen LogP contribution in [-0.2, 0) is 9.47 Å². The van der Waals surface area contributed by atoms with Gasteiger partial charge in [0.15, 0.2) is 5.79 Å². The second-order valence-electron chi connectivity index (χ2n) is 8.00. The highest BCUT2D eigenvalue weighted by molar-refractivity contribution is 9.09. The van der Waals surface area contributed by atoms with E-state index in [1.54, 1.807) is 0 Å². The zero-order valence-corrected chi connectivity index (χ0v) is 16.8. The van der Waals surface area contributed by atoms with Crippen molar-refractivity contribution in [2.75, 3.05) is 13.2 Å². The highest BCUT2D eigenvalue weighted by atomic mass is 79.9. The van der Waals surface area contributed by atoms with Gasteiger partial charge in [-0.25, -0.2) is 0 Å². The molecule has 2 bridgehead atoms. The van der Waals surface area contributed by atoms with Crippen LogP contribution in [0.1, 0.15) is 31.4 Å². The summed E-state index contributed by atoms with van der Waals surface area (Å²) < 4.78 is 12.9. The van der Waals surface area contributed by atoms with E-state index < -0.39 is 5.79 Å². The molecule has 0 amide bonds. The minimum Gasteiger partial charge on any atom is -0.346 e. The molecule has 2 aromatic rings. The summed E-state index contributed by atoms with van der Waals surface area (Å²) in [6.07, 6.45) is 1.00. The minimum atomic E-state index is -0.607. The molecule has 0 N–H and O–H groups in total. The highest BCUT2D eigenvalue weighted by Crippen LogP contribution is 2.77. The van der Waals surface area contributed by atoms with Crippen molar-refractivity contribution in [3.05, 3.63) is 71.8 Å². The second kappa shape index (κ2) is 5.54. The lowest BCUT2D eigenvalue weighted by atomic mass is 9.73. The van der Waals surface area contributed by atoms with Gasteiger partial charge >= 0.3 is 0 Å². The Bertz CT molecular complexity index is 870. The van der Waals surface area contributed by atoms with Gasteiger partial charge in [0.2, 0.25) is 0 Å². The molecule has 3 aliphatic rings. The molecule has 0 unspecified atom stereocenters. The molecular weight excluding hydrogens is 388 g/mol. The van der Waals surface area contributed by atoms with Gasteiger partial charge in [0.05, 0.1) is 18.6 Å². The molecule has 2 aliphatic carbocycles. The van der Waals surface area contributed by atoms with E-state index in [9.17, 15) is 0 Å². The van der Waals surface area contributed by atoms with Crippen molar-refractivity contribution >= 4 is 27.1 Å². The van der Waals surface area contributed by atoms with Gasteiger partial charge in [0.25, 0.3) is 0 Å². The molecule has 5 rings (SSSR count). The summed E-state index contributed by atoms with van der Waals surface area (Å²) in [6, 6.07) is 21.5. The maximum atomic E-state index is 6.47. The largest absolute Gasteiger partial charge is 0.346 e. The number of benzene rings is 2. The van der Waals surface area contributed by atoms with Crippen molar-refractivity contribution in [3.8, 4) is 0 Å². The van der Waals surface area contributed by atoms with E-state index in [4.69, 9.17) is 9.47 Å². The second-order valence-corrected chi connectivity index (χ2v) is 9.11. The van der Waals surface area contributed by atoms with Gasteiger partial charge in [-0.3, -0.25) is 0 Å². The molecular formula is C23H23BrO2. The Kier molecular flexibility index (Phi) is 3.57. The van der Waals surface area contributed by atoms with Crippen molar-refractivity contribution in [2.45, 2.75) is 30.9 Å². The van der Waals surface area contributed by atoms with Gasteiger partial charge in [-0.2, -0.15) is 0 Å². The summed E-state index contributed by atoms with van der Waals surface area (Å²) in [4.78, 5) is 0.306. The summed E-state index contributed by atoms with van der Waals surface area (Å²) >= 11 is 4.02. The summed E-state index contributed by atoms with van der Waals surface area (Å²) in [5, 5.41) is 0. The van der Waals surface area contributed by atoms with Gasteiger partial charge in [-0.15, -0.1) is 0 Å². The van der Waals surface area contributed by atoms with Crippen molar-refractivity contribution in [1.29, 1.82) is 0 Å². The van der Waals surface area contributed by atoms with Crippen LogP contribution in [0.2, 0.25) is 0 Å². The Balaban J connectivity index is 1.87. The number of ether oxygens (including phenoxy) is 2. The monoisotopic (exact) mass is 410 g/mol. The van der Waals surface area contributed by atoms with E-state index in [-0.39, 0.29) is 10.8 Å². The molecule has 1 saturated carbocycles. The maximum absolute atomic E-state index is 6.47. The fraction of sp³-hybridized carbons (Fsp3) is 0.391. The summed E-state index contributed by atoms with van der Waals surface area (Å²) in [6.45, 7) is 5.97. The van der Waals surface area contributed by atoms with Gasteiger partial charge in [0, 0.05) is 10.2 Å². The van der Waals surface area contributed by atoms with Crippen LogP contribution < -0.4 is 0 Å². The Hall–Kier alpha value is -1.42. The summed E-state index contributed by atoms with van der Waals surface area (Å²) in [5.74, 6) is -0.607. The number of hydrogen-bond acceptors (Lipinski definition) is 2. The van der Waals surface area contributed by atoms with Gasteiger partial charge in [0.1, 0.15) is 0 Å². The lowest BCUT2D eigenvalue weighted by Crippen LogP contribution is -2.50. The van der Waals surface area contributed by atoms with Crippen LogP contribution in [0.4, 0.5) is 0 Å². The molecule has 1 saturated heterocycles. The molecule has 1 heterocycles. The molecule has 2 nitrogen and oxygen atoms in total. The van der Waals surface area contributed by atoms with E-state index in [2.05, 4.69) is 90.4 Å². The fourth-order valence-electron chi connectivity index (χ4n) is 5.75. The van der Waals surface area contributed by atoms with E-state index in [1.807, 2.05) is 0 Å². The quantitative estimate of drug-likeness (QED) is 0.605. The Morgan fingerprint density at radius 2 is 1.31 bits per heavy atom. The predicted octanol–water partition coefficient (Wildman–Crippen LogP) is 5.53. The lowest BCUT2D eigenvalue weighted by Gasteiger charge is -2.42. The Morgan fingerprint density at radius 1 is 0.808 bits per heavy atom. The van der Waals surface area contributed by atoms with E-state index in [0.29, 0.717) is 18.0 Å². The lowest BCUT2D eigenvalue weighted by molar-refractivity contribution is -0.232. The van der Waals surface area contributed by atoms with Crippen molar-refractivity contribution < 1.29 is 9.47 Å². The first-order chi connectivity index (χ1) is 12.5. The standard InChI is InChI=1S/C23H23BrO2/c1-21-15-18(24)22(2,23(21)25-13-14-26-23)20(17-11-7-4-8-12-17)19(21)16-9-5-3-6-10-16/h3-12,18H,13-15H2,1-2H3/t18-,21-,22+/m0/s1. The molecule has 3 atom stereocenters. The SMILES string of the molecule is C[C@]12C[C@H](Br)[C@](C)(C(c3ccccc3)=C1c1ccccc1)C21OCCO1. The first kappa shape index (κ1) is 16.7. The topological polar surface area (TPSA) is 18.5 Å². The predicted molar refractivity (Wildman–Crippen MR) is 108 cm³/mol. The fourth-order valence-corrected chi connectivity index (χ4v) is 6.92. The molecule has 2 fully saturated rings. The van der Waals surface area contributed by atoms with Gasteiger partial charge in [-0.05, 0) is 35.6 Å². The van der Waals surface area contributed by atoms with Crippen LogP contribution in [0.15, 0.2) is 60.7 Å². The third-order valence-corrected chi connectivity index (χ3v) is 8.00. The normalized spacial score (nSPS) is 34.8. The average molecular weight is 411 g/mol. The zero-order valence-electron chi connectivity index (χ0n) is 15.2. The number of halogens is 1.